The molecule has 23 heavy (non-hydrogen) atoms. The Morgan fingerprint density at radius 1 is 1.00 bits per heavy atom. The molecule has 3 nitrogen and oxygen atoms in total. The number of ether oxygens (including phenoxy) is 2. The molecule has 0 saturated carbocycles. The van der Waals surface area contributed by atoms with Crippen LogP contribution >= 0.6 is 0 Å². The first-order valence-corrected chi connectivity index (χ1v) is 8.25. The average molecular weight is 313 g/mol. The van der Waals surface area contributed by atoms with E-state index in [-0.39, 0.29) is 0 Å². The van der Waals surface area contributed by atoms with E-state index in [4.69, 9.17) is 15.2 Å². The number of nitrogens with two attached hydrogens (primary N) is 1. The number of aryl methyl sites for hydroxylation is 1. The lowest BCUT2D eigenvalue weighted by Crippen LogP contribution is -2.10. The number of hydrogen-bond donors (Lipinski definition) is 1. The van der Waals surface area contributed by atoms with Crippen LogP contribution in [0.5, 0.6) is 11.5 Å². The maximum absolute atomic E-state index is 5.93. The van der Waals surface area contributed by atoms with Crippen molar-refractivity contribution in [1.29, 1.82) is 0 Å². The highest BCUT2D eigenvalue weighted by atomic mass is 16.5. The van der Waals surface area contributed by atoms with Gasteiger partial charge >= 0.3 is 0 Å². The molecule has 0 spiro atoms. The second kappa shape index (κ2) is 8.59. The maximum atomic E-state index is 5.93. The number of hydrogen-bond acceptors (Lipinski definition) is 3. The van der Waals surface area contributed by atoms with Gasteiger partial charge in [0, 0.05) is 0 Å². The zero-order chi connectivity index (χ0) is 16.7. The molecule has 0 heterocycles. The molecule has 2 rings (SSSR count). The molecule has 124 valence electrons. The Morgan fingerprint density at radius 2 is 1.78 bits per heavy atom. The normalized spacial score (nSPS) is 10.8. The van der Waals surface area contributed by atoms with Crippen LogP contribution in [0.3, 0.4) is 0 Å². The lowest BCUT2D eigenvalue weighted by atomic mass is 10.0. The molecule has 2 N–H and O–H groups in total. The summed E-state index contributed by atoms with van der Waals surface area (Å²) < 4.78 is 11.7. The molecule has 0 amide bonds. The van der Waals surface area contributed by atoms with E-state index in [1.165, 1.54) is 16.7 Å². The van der Waals surface area contributed by atoms with Crippen molar-refractivity contribution in [2.45, 2.75) is 33.1 Å². The minimum atomic E-state index is 0.444. The van der Waals surface area contributed by atoms with E-state index >= 15 is 0 Å². The summed E-state index contributed by atoms with van der Waals surface area (Å²) in [5.74, 6) is 2.27. The van der Waals surface area contributed by atoms with Crippen molar-refractivity contribution in [2.24, 2.45) is 5.73 Å². The van der Waals surface area contributed by atoms with E-state index in [1.54, 1.807) is 0 Å². The van der Waals surface area contributed by atoms with Gasteiger partial charge in [0.25, 0.3) is 0 Å². The second-order valence-electron chi connectivity index (χ2n) is 6.08. The molecule has 0 bridgehead atoms. The summed E-state index contributed by atoms with van der Waals surface area (Å²) in [6.07, 6.45) is 0.870. The first-order chi connectivity index (χ1) is 11.1. The minimum Gasteiger partial charge on any atom is -0.490 e. The molecular formula is C20H27NO2. The van der Waals surface area contributed by atoms with Gasteiger partial charge in [-0.3, -0.25) is 0 Å². The standard InChI is InChI=1S/C20H27NO2/c1-15(2)19-8-7-16(3)13-20(19)23-12-11-22-18-6-4-5-17(14-18)9-10-21/h4-8,13-15H,9-12,21H2,1-3H3. The van der Waals surface area contributed by atoms with Gasteiger partial charge < -0.3 is 15.2 Å². The molecule has 0 saturated heterocycles. The molecular weight excluding hydrogens is 286 g/mol. The van der Waals surface area contributed by atoms with Crippen LogP contribution in [0.25, 0.3) is 0 Å². The first kappa shape index (κ1) is 17.4. The van der Waals surface area contributed by atoms with Crippen molar-refractivity contribution in [3.05, 3.63) is 59.2 Å². The Morgan fingerprint density at radius 3 is 2.52 bits per heavy atom. The first-order valence-electron chi connectivity index (χ1n) is 8.25. The quantitative estimate of drug-likeness (QED) is 0.747. The Bertz CT molecular complexity index is 623. The van der Waals surface area contributed by atoms with Crippen molar-refractivity contribution in [1.82, 2.24) is 0 Å². The molecule has 0 fully saturated rings. The van der Waals surface area contributed by atoms with Crippen LogP contribution in [-0.2, 0) is 6.42 Å². The van der Waals surface area contributed by atoms with Crippen LogP contribution in [0.1, 0.15) is 36.5 Å². The third-order valence-corrected chi connectivity index (χ3v) is 3.73. The van der Waals surface area contributed by atoms with Crippen LogP contribution in [0.4, 0.5) is 0 Å². The Labute approximate surface area is 139 Å². The third-order valence-electron chi connectivity index (χ3n) is 3.73. The van der Waals surface area contributed by atoms with E-state index in [9.17, 15) is 0 Å². The summed E-state index contributed by atoms with van der Waals surface area (Å²) in [6.45, 7) is 8.14. The molecule has 0 aliphatic rings. The number of benzene rings is 2. The monoisotopic (exact) mass is 313 g/mol. The van der Waals surface area contributed by atoms with Crippen LogP contribution in [-0.4, -0.2) is 19.8 Å². The van der Waals surface area contributed by atoms with Gasteiger partial charge in [-0.15, -0.1) is 0 Å². The fraction of sp³-hybridized carbons (Fsp3) is 0.400. The zero-order valence-electron chi connectivity index (χ0n) is 14.3. The van der Waals surface area contributed by atoms with Crippen LogP contribution in [0.2, 0.25) is 0 Å². The predicted octanol–water partition coefficient (Wildman–Crippen LogP) is 4.08. The van der Waals surface area contributed by atoms with Gasteiger partial charge in [0.2, 0.25) is 0 Å². The van der Waals surface area contributed by atoms with Gasteiger partial charge in [0.1, 0.15) is 24.7 Å². The summed E-state index contributed by atoms with van der Waals surface area (Å²) in [4.78, 5) is 0. The predicted molar refractivity (Wildman–Crippen MR) is 95.5 cm³/mol. The highest BCUT2D eigenvalue weighted by molar-refractivity contribution is 5.39. The van der Waals surface area contributed by atoms with Gasteiger partial charge in [-0.2, -0.15) is 0 Å². The fourth-order valence-electron chi connectivity index (χ4n) is 2.51. The molecule has 0 radical (unpaired) electrons. The summed E-state index contributed by atoms with van der Waals surface area (Å²) >= 11 is 0. The number of rotatable bonds is 8. The Balaban J connectivity index is 1.88. The molecule has 0 unspecified atom stereocenters. The molecule has 3 heteroatoms. The van der Waals surface area contributed by atoms with Crippen LogP contribution in [0, 0.1) is 6.92 Å². The van der Waals surface area contributed by atoms with E-state index in [2.05, 4.69) is 45.0 Å². The third kappa shape index (κ3) is 5.29. The highest BCUT2D eigenvalue weighted by Crippen LogP contribution is 2.27. The molecule has 0 aliphatic heterocycles. The fourth-order valence-corrected chi connectivity index (χ4v) is 2.51. The van der Waals surface area contributed by atoms with Crippen molar-refractivity contribution < 1.29 is 9.47 Å². The lowest BCUT2D eigenvalue weighted by Gasteiger charge is -2.15. The van der Waals surface area contributed by atoms with Crippen LogP contribution in [0.15, 0.2) is 42.5 Å². The highest BCUT2D eigenvalue weighted by Gasteiger charge is 2.08. The van der Waals surface area contributed by atoms with E-state index in [0.717, 1.165) is 17.9 Å². The smallest absolute Gasteiger partial charge is 0.123 e. The average Bonchev–Trinajstić information content (AvgIpc) is 2.52. The summed E-state index contributed by atoms with van der Waals surface area (Å²) in [6, 6.07) is 14.4. The summed E-state index contributed by atoms with van der Waals surface area (Å²) in [5.41, 5.74) is 9.23. The zero-order valence-corrected chi connectivity index (χ0v) is 14.3. The SMILES string of the molecule is Cc1ccc(C(C)C)c(OCCOc2cccc(CCN)c2)c1. The second-order valence-corrected chi connectivity index (χ2v) is 6.08. The minimum absolute atomic E-state index is 0.444. The Hall–Kier alpha value is -2.00. The largest absolute Gasteiger partial charge is 0.490 e. The molecule has 2 aromatic carbocycles. The Kier molecular flexibility index (Phi) is 6.48. The van der Waals surface area contributed by atoms with Gasteiger partial charge in [0.15, 0.2) is 0 Å². The van der Waals surface area contributed by atoms with E-state index in [1.807, 2.05) is 18.2 Å². The lowest BCUT2D eigenvalue weighted by molar-refractivity contribution is 0.215. The molecule has 0 aromatic heterocycles. The maximum Gasteiger partial charge on any atom is 0.123 e. The topological polar surface area (TPSA) is 44.5 Å². The van der Waals surface area contributed by atoms with Gasteiger partial charge in [-0.25, -0.2) is 0 Å². The molecule has 0 aliphatic carbocycles. The van der Waals surface area contributed by atoms with Crippen molar-refractivity contribution in [2.75, 3.05) is 19.8 Å². The summed E-state index contributed by atoms with van der Waals surface area (Å²) in [5, 5.41) is 0. The summed E-state index contributed by atoms with van der Waals surface area (Å²) in [7, 11) is 0. The van der Waals surface area contributed by atoms with E-state index < -0.39 is 0 Å². The van der Waals surface area contributed by atoms with Crippen molar-refractivity contribution in [3.63, 3.8) is 0 Å². The van der Waals surface area contributed by atoms with Crippen molar-refractivity contribution >= 4 is 0 Å². The van der Waals surface area contributed by atoms with Gasteiger partial charge in [0.05, 0.1) is 0 Å². The van der Waals surface area contributed by atoms with Crippen molar-refractivity contribution in [3.8, 4) is 11.5 Å². The van der Waals surface area contributed by atoms with E-state index in [0.29, 0.717) is 25.7 Å². The molecule has 0 atom stereocenters. The van der Waals surface area contributed by atoms with Gasteiger partial charge in [-0.1, -0.05) is 38.1 Å². The van der Waals surface area contributed by atoms with Gasteiger partial charge in [-0.05, 0) is 60.7 Å². The molecule has 2 aromatic rings. The van der Waals surface area contributed by atoms with Crippen LogP contribution < -0.4 is 15.2 Å².